The molecule has 5 rings (SSSR count). The Bertz CT molecular complexity index is 1750. The molecule has 0 saturated heterocycles. The number of halogens is 1. The van der Waals surface area contributed by atoms with Gasteiger partial charge in [0.25, 0.3) is 25.2 Å². The Morgan fingerprint density at radius 2 is 1.72 bits per heavy atom. The first-order chi connectivity index (χ1) is 17.0. The predicted octanol–water partition coefficient (Wildman–Crippen LogP) is 4.68. The van der Waals surface area contributed by atoms with Crippen LogP contribution in [0.25, 0.3) is 27.1 Å². The number of thioether (sulfide) groups is 1. The second kappa shape index (κ2) is 9.60. The smallest absolute Gasteiger partial charge is 0.271 e. The molecule has 2 N–H and O–H groups in total. The van der Waals surface area contributed by atoms with Crippen molar-refractivity contribution < 1.29 is 30.5 Å². The molecule has 188 valence electrons. The van der Waals surface area contributed by atoms with Crippen molar-refractivity contribution in [2.75, 3.05) is 23.0 Å². The van der Waals surface area contributed by atoms with Gasteiger partial charge >= 0.3 is 0 Å². The molecule has 0 atom stereocenters. The second-order valence-electron chi connectivity index (χ2n) is 8.15. The second-order valence-corrected chi connectivity index (χ2v) is 13.9. The first-order valence-electron chi connectivity index (χ1n) is 10.7. The SMILES string of the molecule is O=S(=O)(O)CCN1/C(=C\c2sc3ccc4ccccc4c3[n+]2CCS(=O)(=O)O)Sc2ccc(Cl)cc21. The van der Waals surface area contributed by atoms with Crippen LogP contribution in [-0.4, -0.2) is 44.0 Å². The van der Waals surface area contributed by atoms with Gasteiger partial charge in [0.05, 0.1) is 27.9 Å². The van der Waals surface area contributed by atoms with E-state index in [1.807, 2.05) is 53.1 Å². The molecule has 0 radical (unpaired) electrons. The minimum Gasteiger partial charge on any atom is -0.334 e. The van der Waals surface area contributed by atoms with Crippen molar-refractivity contribution >= 4 is 87.7 Å². The summed E-state index contributed by atoms with van der Waals surface area (Å²) in [5.41, 5.74) is 1.57. The molecule has 0 aliphatic carbocycles. The highest BCUT2D eigenvalue weighted by molar-refractivity contribution is 8.04. The quantitative estimate of drug-likeness (QED) is 0.238. The standard InChI is InChI=1S/C23H19ClN2O6S4/c24-16-6-8-19-18(13-16)25(9-11-35(27,28)29)21(33-19)14-22-26(10-12-36(30,31)32)23-17-4-2-1-3-15(17)5-7-20(23)34-22/h1-8,13-14H,9-12H2,(H-,27,28,29,30,31,32)/p+1. The van der Waals surface area contributed by atoms with E-state index in [9.17, 15) is 25.9 Å². The molecule has 0 unspecified atom stereocenters. The van der Waals surface area contributed by atoms with Crippen LogP contribution >= 0.6 is 34.7 Å². The number of aromatic nitrogens is 1. The normalized spacial score (nSPS) is 15.3. The number of anilines is 1. The highest BCUT2D eigenvalue weighted by Gasteiger charge is 2.30. The Hall–Kier alpha value is -2.19. The third-order valence-electron chi connectivity index (χ3n) is 5.70. The van der Waals surface area contributed by atoms with E-state index in [4.69, 9.17) is 11.6 Å². The highest BCUT2D eigenvalue weighted by Crippen LogP contribution is 2.47. The maximum Gasteiger partial charge on any atom is 0.271 e. The van der Waals surface area contributed by atoms with Crippen molar-refractivity contribution in [3.8, 4) is 0 Å². The molecule has 0 saturated carbocycles. The van der Waals surface area contributed by atoms with Gasteiger partial charge in [-0.15, -0.1) is 0 Å². The lowest BCUT2D eigenvalue weighted by atomic mass is 10.1. The topological polar surface area (TPSA) is 116 Å². The van der Waals surface area contributed by atoms with E-state index in [1.165, 1.54) is 23.1 Å². The van der Waals surface area contributed by atoms with Gasteiger partial charge in [-0.25, -0.2) is 0 Å². The van der Waals surface area contributed by atoms with E-state index < -0.39 is 31.7 Å². The van der Waals surface area contributed by atoms with Crippen LogP contribution in [0.1, 0.15) is 5.01 Å². The van der Waals surface area contributed by atoms with Gasteiger partial charge in [-0.1, -0.05) is 59.0 Å². The number of aryl methyl sites for hydroxylation is 1. The largest absolute Gasteiger partial charge is 0.334 e. The van der Waals surface area contributed by atoms with E-state index in [0.29, 0.717) is 10.1 Å². The highest BCUT2D eigenvalue weighted by atomic mass is 35.5. The molecule has 0 amide bonds. The Morgan fingerprint density at radius 1 is 0.972 bits per heavy atom. The van der Waals surface area contributed by atoms with Gasteiger partial charge in [0.1, 0.15) is 10.5 Å². The third kappa shape index (κ3) is 5.40. The third-order valence-corrected chi connectivity index (χ3v) is 9.54. The number of hydrogen-bond donors (Lipinski definition) is 2. The van der Waals surface area contributed by atoms with Gasteiger partial charge in [0, 0.05) is 16.5 Å². The van der Waals surface area contributed by atoms with Gasteiger partial charge in [-0.2, -0.15) is 21.4 Å². The van der Waals surface area contributed by atoms with E-state index in [2.05, 4.69) is 0 Å². The zero-order valence-electron chi connectivity index (χ0n) is 18.5. The molecule has 36 heavy (non-hydrogen) atoms. The van der Waals surface area contributed by atoms with E-state index >= 15 is 0 Å². The number of nitrogens with zero attached hydrogens (tertiary/aromatic N) is 2. The van der Waals surface area contributed by atoms with Crippen molar-refractivity contribution in [2.24, 2.45) is 0 Å². The summed E-state index contributed by atoms with van der Waals surface area (Å²) in [5, 5.41) is 3.86. The van der Waals surface area contributed by atoms with Crippen LogP contribution in [0.3, 0.4) is 0 Å². The molecule has 2 heterocycles. The van der Waals surface area contributed by atoms with Crippen molar-refractivity contribution in [1.29, 1.82) is 0 Å². The number of thiazole rings is 1. The monoisotopic (exact) mass is 583 g/mol. The molecule has 1 aliphatic heterocycles. The van der Waals surface area contributed by atoms with E-state index in [-0.39, 0.29) is 13.1 Å². The lowest BCUT2D eigenvalue weighted by Gasteiger charge is -2.19. The molecule has 0 bridgehead atoms. The summed E-state index contributed by atoms with van der Waals surface area (Å²) in [6, 6.07) is 17.1. The molecular weight excluding hydrogens is 564 g/mol. The van der Waals surface area contributed by atoms with Crippen LogP contribution in [0.4, 0.5) is 5.69 Å². The van der Waals surface area contributed by atoms with Crippen LogP contribution in [0.15, 0.2) is 64.5 Å². The predicted molar refractivity (Wildman–Crippen MR) is 145 cm³/mol. The molecule has 0 fully saturated rings. The minimum absolute atomic E-state index is 0.00382. The first kappa shape index (κ1) is 25.5. The van der Waals surface area contributed by atoms with Crippen LogP contribution in [0.5, 0.6) is 0 Å². The molecule has 0 spiro atoms. The van der Waals surface area contributed by atoms with Crippen molar-refractivity contribution in [1.82, 2.24) is 0 Å². The molecule has 8 nitrogen and oxygen atoms in total. The summed E-state index contributed by atoms with van der Waals surface area (Å²) in [7, 11) is -8.42. The lowest BCUT2D eigenvalue weighted by Crippen LogP contribution is -2.38. The molecule has 1 aromatic heterocycles. The van der Waals surface area contributed by atoms with E-state index in [0.717, 1.165) is 36.6 Å². The molecule has 3 aromatic carbocycles. The number of benzene rings is 3. The fourth-order valence-electron chi connectivity index (χ4n) is 4.13. The summed E-state index contributed by atoms with van der Waals surface area (Å²) in [4.78, 5) is 2.65. The first-order valence-corrected chi connectivity index (χ1v) is 15.9. The molecule has 1 aliphatic rings. The zero-order valence-corrected chi connectivity index (χ0v) is 22.6. The Balaban J connectivity index is 1.67. The number of hydrogen-bond acceptors (Lipinski definition) is 7. The average molecular weight is 584 g/mol. The summed E-state index contributed by atoms with van der Waals surface area (Å²) in [6.45, 7) is 0.0320. The van der Waals surface area contributed by atoms with Crippen molar-refractivity contribution in [3.05, 3.63) is 69.7 Å². The van der Waals surface area contributed by atoms with Gasteiger partial charge in [-0.05, 0) is 35.7 Å². The van der Waals surface area contributed by atoms with Gasteiger partial charge < -0.3 is 4.90 Å². The lowest BCUT2D eigenvalue weighted by molar-refractivity contribution is -0.663. The van der Waals surface area contributed by atoms with E-state index in [1.54, 1.807) is 17.0 Å². The summed E-state index contributed by atoms with van der Waals surface area (Å²) in [6.07, 6.45) is 1.87. The number of rotatable bonds is 7. The van der Waals surface area contributed by atoms with Gasteiger partial charge in [0.15, 0.2) is 6.54 Å². The minimum atomic E-state index is -4.21. The fourth-order valence-corrected chi connectivity index (χ4v) is 7.45. The Morgan fingerprint density at radius 3 is 2.47 bits per heavy atom. The zero-order chi connectivity index (χ0) is 25.7. The van der Waals surface area contributed by atoms with Crippen LogP contribution in [0.2, 0.25) is 5.02 Å². The van der Waals surface area contributed by atoms with Crippen molar-refractivity contribution in [3.63, 3.8) is 0 Å². The van der Waals surface area contributed by atoms with Gasteiger partial charge in [-0.3, -0.25) is 9.11 Å². The average Bonchev–Trinajstić information content (AvgIpc) is 3.32. The van der Waals surface area contributed by atoms with Crippen LogP contribution < -0.4 is 9.47 Å². The van der Waals surface area contributed by atoms with Crippen LogP contribution in [-0.2, 0) is 26.8 Å². The van der Waals surface area contributed by atoms with Gasteiger partial charge in [0.2, 0.25) is 5.52 Å². The number of fused-ring (bicyclic) bond motifs is 4. The Kier molecular flexibility index (Phi) is 6.79. The van der Waals surface area contributed by atoms with Crippen molar-refractivity contribution in [2.45, 2.75) is 11.4 Å². The fraction of sp³-hybridized carbons (Fsp3) is 0.174. The summed E-state index contributed by atoms with van der Waals surface area (Å²) < 4.78 is 67.8. The molecule has 4 aromatic rings. The maximum atomic E-state index is 11.6. The molecule has 13 heteroatoms. The summed E-state index contributed by atoms with van der Waals surface area (Å²) in [5.74, 6) is -0.936. The van der Waals surface area contributed by atoms with Crippen LogP contribution in [0, 0.1) is 0 Å². The summed E-state index contributed by atoms with van der Waals surface area (Å²) >= 11 is 9.08. The Labute approximate surface area is 221 Å². The molecular formula is C23H20ClN2O6S4+. The maximum absolute atomic E-state index is 11.6.